The molecular weight excluding hydrogens is 541 g/mol. The number of aromatic nitrogens is 2. The van der Waals surface area contributed by atoms with Crippen molar-refractivity contribution in [1.82, 2.24) is 8.80 Å². The van der Waals surface area contributed by atoms with Crippen molar-refractivity contribution >= 4 is 108 Å². The van der Waals surface area contributed by atoms with Gasteiger partial charge in [-0.1, -0.05) is 103 Å². The lowest BCUT2D eigenvalue weighted by Gasteiger charge is -2.13. The Labute approximate surface area is 249 Å². The summed E-state index contributed by atoms with van der Waals surface area (Å²) in [4.78, 5) is 0. The highest BCUT2D eigenvalue weighted by Gasteiger charge is 2.22. The van der Waals surface area contributed by atoms with Crippen molar-refractivity contribution in [3.05, 3.63) is 133 Å². The number of para-hydroxylation sites is 3. The van der Waals surface area contributed by atoms with Crippen LogP contribution in [0, 0.1) is 0 Å². The van der Waals surface area contributed by atoms with Crippen LogP contribution in [0.15, 0.2) is 133 Å². The van der Waals surface area contributed by atoms with Crippen molar-refractivity contribution in [2.45, 2.75) is 0 Å². The van der Waals surface area contributed by atoms with E-state index in [-0.39, 0.29) is 0 Å². The fourth-order valence-corrected chi connectivity index (χ4v) is 9.17. The van der Waals surface area contributed by atoms with E-state index in [2.05, 4.69) is 142 Å². The third-order valence-corrected chi connectivity index (χ3v) is 10.8. The lowest BCUT2D eigenvalue weighted by Crippen LogP contribution is -1.94. The van der Waals surface area contributed by atoms with Gasteiger partial charge >= 0.3 is 0 Å². The quantitative estimate of drug-likeness (QED) is 0.174. The van der Waals surface area contributed by atoms with Crippen LogP contribution in [0.4, 0.5) is 0 Å². The van der Waals surface area contributed by atoms with E-state index in [0.717, 1.165) is 0 Å². The third-order valence-electron chi connectivity index (χ3n) is 9.61. The molecule has 0 radical (unpaired) electrons. The monoisotopic (exact) mass is 562 g/mol. The molecule has 2 nitrogen and oxygen atoms in total. The second-order valence-corrected chi connectivity index (χ2v) is 12.7. The highest BCUT2D eigenvalue weighted by Crippen LogP contribution is 2.46. The van der Waals surface area contributed by atoms with Gasteiger partial charge in [-0.3, -0.25) is 0 Å². The molecule has 0 saturated heterocycles. The molecule has 0 spiro atoms. The summed E-state index contributed by atoms with van der Waals surface area (Å²) in [6.45, 7) is 0. The van der Waals surface area contributed by atoms with Crippen molar-refractivity contribution in [2.24, 2.45) is 0 Å². The molecular formula is C40H22N2S. The van der Waals surface area contributed by atoms with Gasteiger partial charge in [0.05, 0.1) is 37.8 Å². The molecule has 4 heterocycles. The Hall–Kier alpha value is -5.38. The fourth-order valence-electron chi connectivity index (χ4n) is 7.92. The van der Waals surface area contributed by atoms with Crippen LogP contribution in [0.3, 0.4) is 0 Å². The molecule has 43 heavy (non-hydrogen) atoms. The van der Waals surface area contributed by atoms with E-state index in [0.29, 0.717) is 0 Å². The maximum Gasteiger partial charge on any atom is 0.0783 e. The number of thiophene rings is 1. The SMILES string of the molecule is c1ccc2c(c1)cc1c3ccc4c5ccccc5sc4c3n3c4ccccc4c4cccc(c43)n3c4ccccc4c2c13. The van der Waals surface area contributed by atoms with Crippen LogP contribution in [0.1, 0.15) is 0 Å². The van der Waals surface area contributed by atoms with E-state index >= 15 is 0 Å². The number of nitrogens with zero attached hydrogens (tertiary/aromatic N) is 2. The summed E-state index contributed by atoms with van der Waals surface area (Å²) in [7, 11) is 0. The van der Waals surface area contributed by atoms with Crippen molar-refractivity contribution in [2.75, 3.05) is 0 Å². The zero-order valence-electron chi connectivity index (χ0n) is 23.0. The number of hydrogen-bond acceptors (Lipinski definition) is 1. The second-order valence-electron chi connectivity index (χ2n) is 11.7. The van der Waals surface area contributed by atoms with Crippen LogP contribution in [0.5, 0.6) is 0 Å². The fraction of sp³-hybridized carbons (Fsp3) is 0. The summed E-state index contributed by atoms with van der Waals surface area (Å²) in [5, 5.41) is 13.0. The standard InChI is InChI=1S/C40H22N2S/c1-2-11-24-23(10-1)22-31-28-20-21-29-26-13-5-8-19-35(26)43-40(29)39(28)42-32-16-6-3-12-25(32)27-15-9-18-34(37(27)42)41-33-17-7-4-14-30(33)36(24)38(31)41/h1-22H. The summed E-state index contributed by atoms with van der Waals surface area (Å²) in [6, 6.07) is 49.6. The number of benzene rings is 7. The Balaban J connectivity index is 1.63. The van der Waals surface area contributed by atoms with E-state index < -0.39 is 0 Å². The minimum Gasteiger partial charge on any atom is -0.306 e. The van der Waals surface area contributed by atoms with Gasteiger partial charge in [-0.05, 0) is 41.1 Å². The topological polar surface area (TPSA) is 8.82 Å². The average molecular weight is 563 g/mol. The summed E-state index contributed by atoms with van der Waals surface area (Å²) in [6.07, 6.45) is 0. The van der Waals surface area contributed by atoms with Crippen LogP contribution < -0.4 is 0 Å². The first kappa shape index (κ1) is 22.2. The predicted molar refractivity (Wildman–Crippen MR) is 186 cm³/mol. The molecule has 0 aliphatic rings. The van der Waals surface area contributed by atoms with Crippen LogP contribution in [-0.4, -0.2) is 8.80 Å². The van der Waals surface area contributed by atoms with Gasteiger partial charge in [0, 0.05) is 47.8 Å². The van der Waals surface area contributed by atoms with Gasteiger partial charge in [0.25, 0.3) is 0 Å². The van der Waals surface area contributed by atoms with Gasteiger partial charge in [0.15, 0.2) is 0 Å². The number of hydrogen-bond donors (Lipinski definition) is 0. The summed E-state index contributed by atoms with van der Waals surface area (Å²) < 4.78 is 7.78. The van der Waals surface area contributed by atoms with Crippen molar-refractivity contribution in [1.29, 1.82) is 0 Å². The number of fused-ring (bicyclic) bond motifs is 16. The normalized spacial score (nSPS) is 12.7. The Morgan fingerprint density at radius 3 is 1.88 bits per heavy atom. The van der Waals surface area contributed by atoms with E-state index in [9.17, 15) is 0 Å². The molecule has 7 aromatic carbocycles. The molecule has 0 bridgehead atoms. The van der Waals surface area contributed by atoms with Crippen molar-refractivity contribution < 1.29 is 0 Å². The molecule has 4 aromatic heterocycles. The molecule has 0 fully saturated rings. The van der Waals surface area contributed by atoms with Crippen molar-refractivity contribution in [3.8, 4) is 0 Å². The molecule has 3 heteroatoms. The molecule has 0 aliphatic carbocycles. The summed E-state index contributed by atoms with van der Waals surface area (Å²) in [5.74, 6) is 0. The minimum atomic E-state index is 1.22. The molecule has 0 atom stereocenters. The maximum atomic E-state index is 2.58. The average Bonchev–Trinajstić information content (AvgIpc) is 3.72. The smallest absolute Gasteiger partial charge is 0.0783 e. The zero-order chi connectivity index (χ0) is 27.8. The maximum absolute atomic E-state index is 2.58. The highest BCUT2D eigenvalue weighted by atomic mass is 32.1. The van der Waals surface area contributed by atoms with Gasteiger partial charge in [-0.15, -0.1) is 11.3 Å². The van der Waals surface area contributed by atoms with E-state index in [4.69, 9.17) is 0 Å². The molecule has 198 valence electrons. The van der Waals surface area contributed by atoms with Gasteiger partial charge in [-0.25, -0.2) is 0 Å². The van der Waals surface area contributed by atoms with Crippen LogP contribution in [0.25, 0.3) is 96.4 Å². The van der Waals surface area contributed by atoms with Crippen LogP contribution >= 0.6 is 11.3 Å². The molecule has 0 N–H and O–H groups in total. The highest BCUT2D eigenvalue weighted by molar-refractivity contribution is 7.26. The Bertz CT molecular complexity index is 3010. The van der Waals surface area contributed by atoms with Crippen molar-refractivity contribution in [3.63, 3.8) is 0 Å². The van der Waals surface area contributed by atoms with Gasteiger partial charge in [0.2, 0.25) is 0 Å². The van der Waals surface area contributed by atoms with Gasteiger partial charge in [-0.2, -0.15) is 0 Å². The molecule has 11 rings (SSSR count). The Morgan fingerprint density at radius 1 is 0.372 bits per heavy atom. The van der Waals surface area contributed by atoms with E-state index in [1.807, 2.05) is 11.3 Å². The number of rotatable bonds is 0. The van der Waals surface area contributed by atoms with Gasteiger partial charge < -0.3 is 8.80 Å². The second kappa shape index (κ2) is 7.71. The van der Waals surface area contributed by atoms with Crippen LogP contribution in [-0.2, 0) is 0 Å². The molecule has 0 saturated carbocycles. The van der Waals surface area contributed by atoms with Gasteiger partial charge in [0.1, 0.15) is 0 Å². The van der Waals surface area contributed by atoms with E-state index in [1.54, 1.807) is 0 Å². The van der Waals surface area contributed by atoms with E-state index in [1.165, 1.54) is 96.4 Å². The lowest BCUT2D eigenvalue weighted by molar-refractivity contribution is 1.31. The first-order valence-corrected chi connectivity index (χ1v) is 15.6. The molecule has 0 unspecified atom stereocenters. The first-order chi connectivity index (χ1) is 21.4. The van der Waals surface area contributed by atoms with Crippen LogP contribution in [0.2, 0.25) is 0 Å². The molecule has 0 amide bonds. The lowest BCUT2D eigenvalue weighted by atomic mass is 9.99. The predicted octanol–water partition coefficient (Wildman–Crippen LogP) is 11.5. The molecule has 11 aromatic rings. The Morgan fingerprint density at radius 2 is 1.00 bits per heavy atom. The summed E-state index contributed by atoms with van der Waals surface area (Å²) in [5.41, 5.74) is 7.53. The zero-order valence-corrected chi connectivity index (χ0v) is 23.8. The minimum absolute atomic E-state index is 1.22. The molecule has 0 aliphatic heterocycles. The Kier molecular flexibility index (Phi) is 3.99. The largest absolute Gasteiger partial charge is 0.306 e. The summed E-state index contributed by atoms with van der Waals surface area (Å²) >= 11 is 1.91. The third kappa shape index (κ3) is 2.61. The first-order valence-electron chi connectivity index (χ1n) is 14.8.